The molecule has 1 N–H and O–H groups in total. The van der Waals surface area contributed by atoms with Crippen LogP contribution >= 0.6 is 0 Å². The molecule has 0 atom stereocenters. The SMILES string of the molecule is CCOc1cc(NCc2c(C)noc2C)ncn1. The van der Waals surface area contributed by atoms with Crippen LogP contribution in [0, 0.1) is 13.8 Å². The Morgan fingerprint density at radius 1 is 1.33 bits per heavy atom. The third-order valence-electron chi connectivity index (χ3n) is 2.56. The molecule has 6 heteroatoms. The average molecular weight is 248 g/mol. The van der Waals surface area contributed by atoms with E-state index in [1.807, 2.05) is 20.8 Å². The van der Waals surface area contributed by atoms with Gasteiger partial charge < -0.3 is 14.6 Å². The molecule has 6 nitrogen and oxygen atoms in total. The van der Waals surface area contributed by atoms with Gasteiger partial charge in [-0.3, -0.25) is 0 Å². The number of aromatic nitrogens is 3. The van der Waals surface area contributed by atoms with E-state index in [9.17, 15) is 0 Å². The molecule has 0 unspecified atom stereocenters. The summed E-state index contributed by atoms with van der Waals surface area (Å²) < 4.78 is 10.4. The maximum Gasteiger partial charge on any atom is 0.218 e. The molecule has 0 saturated carbocycles. The van der Waals surface area contributed by atoms with Crippen molar-refractivity contribution in [3.05, 3.63) is 29.4 Å². The Balaban J connectivity index is 2.04. The molecule has 0 saturated heterocycles. The second-order valence-corrected chi connectivity index (χ2v) is 3.83. The van der Waals surface area contributed by atoms with Gasteiger partial charge in [0.2, 0.25) is 5.88 Å². The number of anilines is 1. The van der Waals surface area contributed by atoms with Crippen LogP contribution in [0.2, 0.25) is 0 Å². The van der Waals surface area contributed by atoms with Crippen molar-refractivity contribution in [3.8, 4) is 5.88 Å². The van der Waals surface area contributed by atoms with Crippen LogP contribution in [-0.2, 0) is 6.54 Å². The van der Waals surface area contributed by atoms with E-state index in [0.29, 0.717) is 24.8 Å². The molecule has 2 rings (SSSR count). The van der Waals surface area contributed by atoms with Gasteiger partial charge in [-0.25, -0.2) is 9.97 Å². The van der Waals surface area contributed by atoms with E-state index >= 15 is 0 Å². The van der Waals surface area contributed by atoms with Gasteiger partial charge in [0.05, 0.1) is 12.3 Å². The Bertz CT molecular complexity index is 505. The fraction of sp³-hybridized carbons (Fsp3) is 0.417. The topological polar surface area (TPSA) is 73.1 Å². The van der Waals surface area contributed by atoms with E-state index < -0.39 is 0 Å². The van der Waals surface area contributed by atoms with Gasteiger partial charge in [-0.1, -0.05) is 5.16 Å². The van der Waals surface area contributed by atoms with Gasteiger partial charge in [0.15, 0.2) is 0 Å². The van der Waals surface area contributed by atoms with Crippen LogP contribution in [-0.4, -0.2) is 21.7 Å². The van der Waals surface area contributed by atoms with Crippen LogP contribution in [0.1, 0.15) is 23.9 Å². The smallest absolute Gasteiger partial charge is 0.218 e. The highest BCUT2D eigenvalue weighted by molar-refractivity contribution is 5.38. The molecular formula is C12H16N4O2. The van der Waals surface area contributed by atoms with Crippen molar-refractivity contribution < 1.29 is 9.26 Å². The Morgan fingerprint density at radius 2 is 2.17 bits per heavy atom. The van der Waals surface area contributed by atoms with Crippen molar-refractivity contribution in [1.29, 1.82) is 0 Å². The van der Waals surface area contributed by atoms with Crippen LogP contribution in [0.4, 0.5) is 5.82 Å². The lowest BCUT2D eigenvalue weighted by molar-refractivity contribution is 0.326. The molecule has 0 radical (unpaired) electrons. The van der Waals surface area contributed by atoms with Gasteiger partial charge >= 0.3 is 0 Å². The third-order valence-corrected chi connectivity index (χ3v) is 2.56. The molecule has 0 aliphatic heterocycles. The molecule has 0 spiro atoms. The molecule has 2 heterocycles. The summed E-state index contributed by atoms with van der Waals surface area (Å²) in [6.45, 7) is 6.92. The number of hydrogen-bond donors (Lipinski definition) is 1. The normalized spacial score (nSPS) is 10.4. The lowest BCUT2D eigenvalue weighted by Crippen LogP contribution is -2.04. The van der Waals surface area contributed by atoms with Crippen LogP contribution in [0.3, 0.4) is 0 Å². The van der Waals surface area contributed by atoms with Gasteiger partial charge in [-0.05, 0) is 20.8 Å². The minimum atomic E-state index is 0.564. The maximum atomic E-state index is 5.31. The Kier molecular flexibility index (Phi) is 3.76. The van der Waals surface area contributed by atoms with Crippen molar-refractivity contribution in [1.82, 2.24) is 15.1 Å². The molecule has 0 aliphatic rings. The number of hydrogen-bond acceptors (Lipinski definition) is 6. The van der Waals surface area contributed by atoms with Crippen LogP contribution in [0.15, 0.2) is 16.9 Å². The van der Waals surface area contributed by atoms with Crippen molar-refractivity contribution in [2.24, 2.45) is 0 Å². The van der Waals surface area contributed by atoms with Crippen LogP contribution < -0.4 is 10.1 Å². The molecule has 0 amide bonds. The largest absolute Gasteiger partial charge is 0.478 e. The first kappa shape index (κ1) is 12.3. The molecule has 0 fully saturated rings. The summed E-state index contributed by atoms with van der Waals surface area (Å²) in [5.74, 6) is 2.10. The number of rotatable bonds is 5. The van der Waals surface area contributed by atoms with Crippen molar-refractivity contribution in [3.63, 3.8) is 0 Å². The quantitative estimate of drug-likeness (QED) is 0.873. The second-order valence-electron chi connectivity index (χ2n) is 3.83. The maximum absolute atomic E-state index is 5.31. The first-order chi connectivity index (χ1) is 8.70. The zero-order valence-electron chi connectivity index (χ0n) is 10.7. The van der Waals surface area contributed by atoms with E-state index in [0.717, 1.165) is 17.0 Å². The van der Waals surface area contributed by atoms with Crippen molar-refractivity contribution in [2.75, 3.05) is 11.9 Å². The van der Waals surface area contributed by atoms with Crippen LogP contribution in [0.25, 0.3) is 0 Å². The molecule has 96 valence electrons. The summed E-state index contributed by atoms with van der Waals surface area (Å²) in [7, 11) is 0. The fourth-order valence-corrected chi connectivity index (χ4v) is 1.60. The highest BCUT2D eigenvalue weighted by atomic mass is 16.5. The van der Waals surface area contributed by atoms with Gasteiger partial charge in [0.1, 0.15) is 17.9 Å². The van der Waals surface area contributed by atoms with E-state index in [2.05, 4.69) is 20.4 Å². The Labute approximate surface area is 105 Å². The van der Waals surface area contributed by atoms with E-state index in [1.54, 1.807) is 6.07 Å². The van der Waals surface area contributed by atoms with Crippen molar-refractivity contribution in [2.45, 2.75) is 27.3 Å². The molecule has 18 heavy (non-hydrogen) atoms. The summed E-state index contributed by atoms with van der Waals surface area (Å²) >= 11 is 0. The number of aryl methyl sites for hydroxylation is 2. The molecule has 0 aromatic carbocycles. The summed E-state index contributed by atoms with van der Waals surface area (Å²) in [6.07, 6.45) is 1.47. The summed E-state index contributed by atoms with van der Waals surface area (Å²) in [6, 6.07) is 1.77. The Morgan fingerprint density at radius 3 is 2.83 bits per heavy atom. The monoisotopic (exact) mass is 248 g/mol. The number of nitrogens with one attached hydrogen (secondary N) is 1. The first-order valence-electron chi connectivity index (χ1n) is 5.81. The molecule has 0 aliphatic carbocycles. The second kappa shape index (κ2) is 5.48. The Hall–Kier alpha value is -2.11. The molecule has 2 aromatic heterocycles. The molecule has 2 aromatic rings. The predicted molar refractivity (Wildman–Crippen MR) is 66.5 cm³/mol. The molecular weight excluding hydrogens is 232 g/mol. The third kappa shape index (κ3) is 2.77. The van der Waals surface area contributed by atoms with Crippen LogP contribution in [0.5, 0.6) is 5.88 Å². The zero-order valence-corrected chi connectivity index (χ0v) is 10.7. The fourth-order valence-electron chi connectivity index (χ4n) is 1.60. The minimum absolute atomic E-state index is 0.564. The van der Waals surface area contributed by atoms with E-state index in [4.69, 9.17) is 9.26 Å². The van der Waals surface area contributed by atoms with Crippen molar-refractivity contribution >= 4 is 5.82 Å². The van der Waals surface area contributed by atoms with Gasteiger partial charge in [0, 0.05) is 18.2 Å². The highest BCUT2D eigenvalue weighted by Crippen LogP contribution is 2.16. The summed E-state index contributed by atoms with van der Waals surface area (Å²) in [5.41, 5.74) is 1.94. The van der Waals surface area contributed by atoms with Gasteiger partial charge in [0.25, 0.3) is 0 Å². The lowest BCUT2D eigenvalue weighted by atomic mass is 10.2. The number of ether oxygens (including phenoxy) is 1. The predicted octanol–water partition coefficient (Wildman–Crippen LogP) is 2.09. The van der Waals surface area contributed by atoms with E-state index in [-0.39, 0.29) is 0 Å². The lowest BCUT2D eigenvalue weighted by Gasteiger charge is -2.06. The summed E-state index contributed by atoms with van der Waals surface area (Å²) in [5, 5.41) is 7.10. The average Bonchev–Trinajstić information content (AvgIpc) is 2.68. The molecule has 0 bridgehead atoms. The standard InChI is InChI=1S/C12H16N4O2/c1-4-17-12-5-11(14-7-15-12)13-6-10-8(2)16-18-9(10)3/h5,7H,4,6H2,1-3H3,(H,13,14,15). The van der Waals surface area contributed by atoms with Gasteiger partial charge in [-0.2, -0.15) is 0 Å². The first-order valence-corrected chi connectivity index (χ1v) is 5.81. The summed E-state index contributed by atoms with van der Waals surface area (Å²) in [4.78, 5) is 8.13. The van der Waals surface area contributed by atoms with Gasteiger partial charge in [-0.15, -0.1) is 0 Å². The minimum Gasteiger partial charge on any atom is -0.478 e. The zero-order chi connectivity index (χ0) is 13.0. The number of nitrogens with zero attached hydrogens (tertiary/aromatic N) is 3. The highest BCUT2D eigenvalue weighted by Gasteiger charge is 2.08. The van der Waals surface area contributed by atoms with E-state index in [1.165, 1.54) is 6.33 Å².